The molecule has 34 heavy (non-hydrogen) atoms. The first kappa shape index (κ1) is 23.3. The number of amides is 1. The summed E-state index contributed by atoms with van der Waals surface area (Å²) in [6.45, 7) is 0.179. The zero-order valence-electron chi connectivity index (χ0n) is 18.7. The third-order valence-electron chi connectivity index (χ3n) is 5.21. The number of pyridine rings is 2. The molecule has 10 nitrogen and oxygen atoms in total. The lowest BCUT2D eigenvalue weighted by Crippen LogP contribution is -2.37. The molecular weight excluding hydrogens is 461 g/mol. The lowest BCUT2D eigenvalue weighted by atomic mass is 10.1. The van der Waals surface area contributed by atoms with Gasteiger partial charge in [-0.05, 0) is 35.9 Å². The summed E-state index contributed by atoms with van der Waals surface area (Å²) in [7, 11) is 0.649. The average Bonchev–Trinajstić information content (AvgIpc) is 3.27. The summed E-state index contributed by atoms with van der Waals surface area (Å²) >= 11 is 0. The Morgan fingerprint density at radius 2 is 1.76 bits per heavy atom. The molecule has 3 heterocycles. The summed E-state index contributed by atoms with van der Waals surface area (Å²) in [5, 5.41) is 7.74. The van der Waals surface area contributed by atoms with Gasteiger partial charge < -0.3 is 5.32 Å². The van der Waals surface area contributed by atoms with Crippen molar-refractivity contribution in [1.82, 2.24) is 29.4 Å². The van der Waals surface area contributed by atoms with E-state index in [0.29, 0.717) is 27.7 Å². The van der Waals surface area contributed by atoms with Gasteiger partial charge >= 0.3 is 10.2 Å². The average molecular weight is 484 g/mol. The molecule has 0 aliphatic heterocycles. The van der Waals surface area contributed by atoms with Crippen molar-refractivity contribution in [3.05, 3.63) is 78.1 Å². The van der Waals surface area contributed by atoms with Crippen molar-refractivity contribution in [2.45, 2.75) is 6.54 Å². The van der Waals surface area contributed by atoms with Gasteiger partial charge in [0, 0.05) is 45.5 Å². The minimum Gasteiger partial charge on any atom is -0.348 e. The van der Waals surface area contributed by atoms with E-state index in [2.05, 4.69) is 20.4 Å². The predicted molar refractivity (Wildman–Crippen MR) is 125 cm³/mol. The zero-order chi connectivity index (χ0) is 24.5. The number of hydrogen-bond donors (Lipinski definition) is 1. The van der Waals surface area contributed by atoms with Gasteiger partial charge in [0.1, 0.15) is 11.6 Å². The molecule has 0 radical (unpaired) electrons. The fourth-order valence-electron chi connectivity index (χ4n) is 3.26. The van der Waals surface area contributed by atoms with Crippen LogP contribution in [0.3, 0.4) is 0 Å². The second-order valence-electron chi connectivity index (χ2n) is 7.62. The lowest BCUT2D eigenvalue weighted by molar-refractivity contribution is 0.0952. The van der Waals surface area contributed by atoms with Gasteiger partial charge in [0.15, 0.2) is 0 Å². The Balaban J connectivity index is 1.49. The number of aromatic nitrogens is 4. The maximum absolute atomic E-state index is 13.3. The Labute approximate surface area is 195 Å². The number of carbonyl (C=O) groups excluding carboxylic acids is 1. The molecular formula is C22H22FN7O3S. The summed E-state index contributed by atoms with van der Waals surface area (Å²) in [4.78, 5) is 21.2. The van der Waals surface area contributed by atoms with Crippen molar-refractivity contribution in [2.24, 2.45) is 0 Å². The van der Waals surface area contributed by atoms with Gasteiger partial charge in [0.05, 0.1) is 29.2 Å². The highest BCUT2D eigenvalue weighted by atomic mass is 32.2. The summed E-state index contributed by atoms with van der Waals surface area (Å²) in [6.07, 6.45) is 6.11. The van der Waals surface area contributed by atoms with Crippen LogP contribution in [0, 0.1) is 5.82 Å². The molecule has 0 bridgehead atoms. The van der Waals surface area contributed by atoms with Gasteiger partial charge in [0.25, 0.3) is 5.91 Å². The Bertz CT molecular complexity index is 1440. The molecule has 3 aromatic heterocycles. The first-order valence-electron chi connectivity index (χ1n) is 10.2. The van der Waals surface area contributed by atoms with Crippen LogP contribution in [-0.2, 0) is 16.8 Å². The molecule has 1 N–H and O–H groups in total. The van der Waals surface area contributed by atoms with E-state index in [4.69, 9.17) is 0 Å². The van der Waals surface area contributed by atoms with Crippen molar-refractivity contribution in [1.29, 1.82) is 0 Å². The van der Waals surface area contributed by atoms with E-state index in [1.165, 1.54) is 45.7 Å². The number of carbonyl (C=O) groups is 1. The van der Waals surface area contributed by atoms with E-state index in [-0.39, 0.29) is 24.1 Å². The van der Waals surface area contributed by atoms with E-state index in [1.54, 1.807) is 41.3 Å². The van der Waals surface area contributed by atoms with Crippen molar-refractivity contribution in [3.8, 4) is 5.69 Å². The van der Waals surface area contributed by atoms with Crippen molar-refractivity contribution >= 4 is 32.8 Å². The highest BCUT2D eigenvalue weighted by Crippen LogP contribution is 2.21. The molecule has 176 valence electrons. The summed E-state index contributed by atoms with van der Waals surface area (Å²) < 4.78 is 41.5. The zero-order valence-corrected chi connectivity index (χ0v) is 19.5. The van der Waals surface area contributed by atoms with Gasteiger partial charge in [-0.25, -0.2) is 18.4 Å². The molecule has 1 amide bonds. The Hall–Kier alpha value is -3.90. The molecule has 0 unspecified atom stereocenters. The number of fused-ring (bicyclic) bond motifs is 1. The maximum atomic E-state index is 13.3. The van der Waals surface area contributed by atoms with E-state index < -0.39 is 10.2 Å². The fraction of sp³-hybridized carbons (Fsp3) is 0.182. The first-order valence-corrected chi connectivity index (χ1v) is 11.6. The van der Waals surface area contributed by atoms with Crippen LogP contribution >= 0.6 is 0 Å². The predicted octanol–water partition coefficient (Wildman–Crippen LogP) is 2.13. The largest absolute Gasteiger partial charge is 0.348 e. The van der Waals surface area contributed by atoms with Gasteiger partial charge in [-0.1, -0.05) is 6.07 Å². The molecule has 4 aromatic rings. The van der Waals surface area contributed by atoms with E-state index in [0.717, 1.165) is 8.61 Å². The van der Waals surface area contributed by atoms with Crippen LogP contribution in [0.2, 0.25) is 0 Å². The van der Waals surface area contributed by atoms with Gasteiger partial charge in [-0.2, -0.15) is 17.8 Å². The van der Waals surface area contributed by atoms with Crippen LogP contribution in [0.4, 0.5) is 10.2 Å². The lowest BCUT2D eigenvalue weighted by Gasteiger charge is -2.22. The number of nitrogens with one attached hydrogen (secondary N) is 1. The summed E-state index contributed by atoms with van der Waals surface area (Å²) in [6, 6.07) is 9.10. The normalized spacial score (nSPS) is 11.7. The van der Waals surface area contributed by atoms with E-state index >= 15 is 0 Å². The van der Waals surface area contributed by atoms with E-state index in [9.17, 15) is 17.6 Å². The van der Waals surface area contributed by atoms with Crippen LogP contribution in [0.15, 0.2) is 61.2 Å². The first-order chi connectivity index (χ1) is 16.2. The molecule has 0 saturated heterocycles. The Kier molecular flexibility index (Phi) is 6.26. The highest BCUT2D eigenvalue weighted by Gasteiger charge is 2.22. The number of halogens is 1. The van der Waals surface area contributed by atoms with Gasteiger partial charge in [-0.15, -0.1) is 0 Å². The molecule has 0 aliphatic carbocycles. The minimum atomic E-state index is -3.64. The maximum Gasteiger partial charge on any atom is 0.304 e. The number of nitrogens with zero attached hydrogens (tertiary/aromatic N) is 6. The molecule has 0 atom stereocenters. The van der Waals surface area contributed by atoms with Gasteiger partial charge in [0.2, 0.25) is 0 Å². The summed E-state index contributed by atoms with van der Waals surface area (Å²) in [5.41, 5.74) is 2.28. The van der Waals surface area contributed by atoms with Crippen molar-refractivity contribution in [3.63, 3.8) is 0 Å². The Morgan fingerprint density at radius 3 is 2.41 bits per heavy atom. The second kappa shape index (κ2) is 9.15. The molecule has 0 saturated carbocycles. The topological polar surface area (TPSA) is 113 Å². The molecule has 1 aromatic carbocycles. The van der Waals surface area contributed by atoms with Crippen LogP contribution in [-0.4, -0.2) is 59.5 Å². The second-order valence-corrected chi connectivity index (χ2v) is 9.79. The highest BCUT2D eigenvalue weighted by molar-refractivity contribution is 7.90. The molecule has 4 rings (SSSR count). The molecule has 0 fully saturated rings. The van der Waals surface area contributed by atoms with Crippen LogP contribution in [0.5, 0.6) is 0 Å². The number of rotatable bonds is 7. The quantitative estimate of drug-likeness (QED) is 0.431. The number of anilines is 1. The number of hydrogen-bond acceptors (Lipinski definition) is 6. The minimum absolute atomic E-state index is 0.179. The van der Waals surface area contributed by atoms with Crippen LogP contribution in [0.1, 0.15) is 15.9 Å². The van der Waals surface area contributed by atoms with E-state index in [1.807, 2.05) is 0 Å². The van der Waals surface area contributed by atoms with Crippen molar-refractivity contribution < 1.29 is 17.6 Å². The Morgan fingerprint density at radius 1 is 1.03 bits per heavy atom. The van der Waals surface area contributed by atoms with Gasteiger partial charge in [-0.3, -0.25) is 9.78 Å². The standard InChI is InChI=1S/C22H22FN7O3S/c1-28(2)34(32,33)29(3)21-9-4-15(10-25-21)11-26-22(31)19-12-24-14-20-18(19)13-27-30(20)17-7-5-16(23)6-8-17/h4-10,12-14H,11H2,1-3H3,(H,26,31). The smallest absolute Gasteiger partial charge is 0.304 e. The van der Waals surface area contributed by atoms with Crippen LogP contribution in [0.25, 0.3) is 16.6 Å². The van der Waals surface area contributed by atoms with Crippen LogP contribution < -0.4 is 9.62 Å². The molecule has 0 aliphatic rings. The monoisotopic (exact) mass is 483 g/mol. The SMILES string of the molecule is CN(C)S(=O)(=O)N(C)c1ccc(CNC(=O)c2cncc3c2cnn3-c2ccc(F)cc2)cn1. The van der Waals surface area contributed by atoms with Crippen molar-refractivity contribution in [2.75, 3.05) is 25.4 Å². The third kappa shape index (κ3) is 4.45. The third-order valence-corrected chi connectivity index (χ3v) is 7.01. The number of benzene rings is 1. The molecule has 12 heteroatoms. The fourth-order valence-corrected chi connectivity index (χ4v) is 4.09. The molecule has 0 spiro atoms. The summed E-state index contributed by atoms with van der Waals surface area (Å²) in [5.74, 6) is -0.453.